The van der Waals surface area contributed by atoms with Gasteiger partial charge in [0.1, 0.15) is 16.0 Å². The lowest BCUT2D eigenvalue weighted by molar-refractivity contribution is -0.384. The molecule has 0 spiro atoms. The third-order valence-electron chi connectivity index (χ3n) is 2.26. The monoisotopic (exact) mass is 303 g/mol. The van der Waals surface area contributed by atoms with E-state index in [9.17, 15) is 18.5 Å². The summed E-state index contributed by atoms with van der Waals surface area (Å²) in [6.45, 7) is 2.65. The summed E-state index contributed by atoms with van der Waals surface area (Å²) in [6.07, 6.45) is 3.04. The first-order valence-corrected chi connectivity index (χ1v) is 8.06. The molecule has 0 radical (unpaired) electrons. The van der Waals surface area contributed by atoms with Crippen molar-refractivity contribution in [2.75, 3.05) is 35.7 Å². The molecule has 0 saturated heterocycles. The van der Waals surface area contributed by atoms with Gasteiger partial charge in [0.2, 0.25) is 11.8 Å². The predicted molar refractivity (Wildman–Crippen MR) is 75.7 cm³/mol. The Hall–Kier alpha value is -1.97. The van der Waals surface area contributed by atoms with Crippen molar-refractivity contribution in [3.63, 3.8) is 0 Å². The van der Waals surface area contributed by atoms with E-state index in [0.717, 1.165) is 18.9 Å². The van der Waals surface area contributed by atoms with Crippen LogP contribution in [0.5, 0.6) is 0 Å². The third kappa shape index (κ3) is 5.34. The van der Waals surface area contributed by atoms with Gasteiger partial charge in [-0.1, -0.05) is 6.92 Å². The second-order valence-electron chi connectivity index (χ2n) is 4.17. The molecule has 10 heteroatoms. The molecule has 112 valence electrons. The first-order chi connectivity index (χ1) is 9.33. The molecule has 0 fully saturated rings. The molecular weight excluding hydrogens is 286 g/mol. The van der Waals surface area contributed by atoms with E-state index in [4.69, 9.17) is 0 Å². The molecule has 0 bridgehead atoms. The van der Waals surface area contributed by atoms with E-state index in [1.807, 2.05) is 6.92 Å². The summed E-state index contributed by atoms with van der Waals surface area (Å²) in [6, 6.07) is 0. The Morgan fingerprint density at radius 1 is 1.35 bits per heavy atom. The van der Waals surface area contributed by atoms with Crippen LogP contribution >= 0.6 is 0 Å². The Labute approximate surface area is 116 Å². The topological polar surface area (TPSA) is 127 Å². The van der Waals surface area contributed by atoms with E-state index in [-0.39, 0.29) is 29.8 Å². The smallest absolute Gasteiger partial charge is 0.329 e. The molecule has 0 amide bonds. The van der Waals surface area contributed by atoms with Crippen LogP contribution in [0, 0.1) is 10.1 Å². The molecule has 0 unspecified atom stereocenters. The van der Waals surface area contributed by atoms with Crippen molar-refractivity contribution in [3.8, 4) is 0 Å². The van der Waals surface area contributed by atoms with Crippen LogP contribution in [0.15, 0.2) is 6.20 Å². The summed E-state index contributed by atoms with van der Waals surface area (Å²) in [5.74, 6) is 0.137. The standard InChI is InChI=1S/C10H17N5O4S/c1-3-4-12-10-13-7-8(15(16)17)9(14-10)11-5-6-20(2,18)19/h7H,3-6H2,1-2H3,(H2,11,12,13,14). The first-order valence-electron chi connectivity index (χ1n) is 6.00. The molecule has 20 heavy (non-hydrogen) atoms. The van der Waals surface area contributed by atoms with E-state index in [1.165, 1.54) is 0 Å². The van der Waals surface area contributed by atoms with E-state index in [2.05, 4.69) is 20.6 Å². The molecule has 9 nitrogen and oxygen atoms in total. The highest BCUT2D eigenvalue weighted by Gasteiger charge is 2.17. The van der Waals surface area contributed by atoms with Crippen molar-refractivity contribution in [3.05, 3.63) is 16.3 Å². The summed E-state index contributed by atoms with van der Waals surface area (Å²) < 4.78 is 22.1. The van der Waals surface area contributed by atoms with Crippen LogP contribution in [0.1, 0.15) is 13.3 Å². The van der Waals surface area contributed by atoms with Crippen LogP contribution in [0.3, 0.4) is 0 Å². The molecule has 1 rings (SSSR count). The number of nitro groups is 1. The van der Waals surface area contributed by atoms with E-state index < -0.39 is 14.8 Å². The number of rotatable bonds is 8. The lowest BCUT2D eigenvalue weighted by atomic mass is 10.4. The quantitative estimate of drug-likeness (QED) is 0.529. The van der Waals surface area contributed by atoms with Crippen molar-refractivity contribution < 1.29 is 13.3 Å². The van der Waals surface area contributed by atoms with E-state index >= 15 is 0 Å². The van der Waals surface area contributed by atoms with Crippen molar-refractivity contribution in [1.82, 2.24) is 9.97 Å². The zero-order valence-corrected chi connectivity index (χ0v) is 12.1. The molecule has 1 heterocycles. The summed E-state index contributed by atoms with van der Waals surface area (Å²) >= 11 is 0. The number of aromatic nitrogens is 2. The molecule has 1 aromatic heterocycles. The van der Waals surface area contributed by atoms with E-state index in [0.29, 0.717) is 6.54 Å². The fraction of sp³-hybridized carbons (Fsp3) is 0.600. The van der Waals surface area contributed by atoms with Gasteiger partial charge < -0.3 is 10.6 Å². The molecule has 0 aliphatic carbocycles. The number of hydrogen-bond donors (Lipinski definition) is 2. The van der Waals surface area contributed by atoms with Crippen LogP contribution < -0.4 is 10.6 Å². The largest absolute Gasteiger partial charge is 0.363 e. The average Bonchev–Trinajstić information content (AvgIpc) is 2.34. The minimum absolute atomic E-state index is 0.00672. The maximum absolute atomic E-state index is 11.0. The van der Waals surface area contributed by atoms with Crippen LogP contribution in [0.2, 0.25) is 0 Å². The molecule has 0 aliphatic heterocycles. The van der Waals surface area contributed by atoms with Gasteiger partial charge >= 0.3 is 5.69 Å². The lowest BCUT2D eigenvalue weighted by Gasteiger charge is -2.08. The highest BCUT2D eigenvalue weighted by Crippen LogP contribution is 2.21. The van der Waals surface area contributed by atoms with Crippen LogP contribution in [0.4, 0.5) is 17.5 Å². The van der Waals surface area contributed by atoms with Gasteiger partial charge in [0.15, 0.2) is 0 Å². The molecule has 2 N–H and O–H groups in total. The molecule has 1 aromatic rings. The van der Waals surface area contributed by atoms with Gasteiger partial charge in [0, 0.05) is 19.3 Å². The summed E-state index contributed by atoms with van der Waals surface area (Å²) in [7, 11) is -3.14. The van der Waals surface area contributed by atoms with Gasteiger partial charge in [0.25, 0.3) is 0 Å². The molecular formula is C10H17N5O4S. The molecule has 0 atom stereocenters. The Balaban J connectivity index is 2.85. The number of hydrogen-bond acceptors (Lipinski definition) is 8. The predicted octanol–water partition coefficient (Wildman–Crippen LogP) is 0.663. The normalized spacial score (nSPS) is 11.1. The first kappa shape index (κ1) is 16.1. The van der Waals surface area contributed by atoms with Gasteiger partial charge in [-0.15, -0.1) is 0 Å². The minimum Gasteiger partial charge on any atom is -0.363 e. The average molecular weight is 303 g/mol. The second kappa shape index (κ2) is 6.98. The number of nitrogens with one attached hydrogen (secondary N) is 2. The maximum atomic E-state index is 11.0. The number of anilines is 2. The Morgan fingerprint density at radius 3 is 2.60 bits per heavy atom. The van der Waals surface area contributed by atoms with E-state index in [1.54, 1.807) is 0 Å². The van der Waals surface area contributed by atoms with Crippen molar-refractivity contribution in [2.24, 2.45) is 0 Å². The highest BCUT2D eigenvalue weighted by atomic mass is 32.2. The van der Waals surface area contributed by atoms with Crippen molar-refractivity contribution in [2.45, 2.75) is 13.3 Å². The van der Waals surface area contributed by atoms with Gasteiger partial charge in [-0.05, 0) is 6.42 Å². The Bertz CT molecular complexity index is 575. The summed E-state index contributed by atoms with van der Waals surface area (Å²) in [5, 5.41) is 16.4. The van der Waals surface area contributed by atoms with Crippen molar-refractivity contribution >= 4 is 27.3 Å². The number of sulfone groups is 1. The third-order valence-corrected chi connectivity index (χ3v) is 3.21. The molecule has 0 saturated carbocycles. The summed E-state index contributed by atoms with van der Waals surface area (Å²) in [4.78, 5) is 18.0. The van der Waals surface area contributed by atoms with Crippen molar-refractivity contribution in [1.29, 1.82) is 0 Å². The number of nitrogens with zero attached hydrogens (tertiary/aromatic N) is 3. The Kier molecular flexibility index (Phi) is 5.62. The van der Waals surface area contributed by atoms with Gasteiger partial charge in [-0.25, -0.2) is 13.4 Å². The minimum atomic E-state index is -3.14. The fourth-order valence-electron chi connectivity index (χ4n) is 1.32. The zero-order valence-electron chi connectivity index (χ0n) is 11.3. The molecule has 0 aliphatic rings. The van der Waals surface area contributed by atoms with Crippen LogP contribution in [-0.4, -0.2) is 48.4 Å². The maximum Gasteiger partial charge on any atom is 0.329 e. The zero-order chi connectivity index (χ0) is 15.2. The second-order valence-corrected chi connectivity index (χ2v) is 6.43. The van der Waals surface area contributed by atoms with Gasteiger partial charge in [-0.3, -0.25) is 10.1 Å². The van der Waals surface area contributed by atoms with Gasteiger partial charge in [-0.2, -0.15) is 4.98 Å². The van der Waals surface area contributed by atoms with Crippen LogP contribution in [-0.2, 0) is 9.84 Å². The highest BCUT2D eigenvalue weighted by molar-refractivity contribution is 7.90. The lowest BCUT2D eigenvalue weighted by Crippen LogP contribution is -2.16. The Morgan fingerprint density at radius 2 is 2.05 bits per heavy atom. The fourth-order valence-corrected chi connectivity index (χ4v) is 1.79. The molecule has 0 aromatic carbocycles. The van der Waals surface area contributed by atoms with Crippen LogP contribution in [0.25, 0.3) is 0 Å². The SMILES string of the molecule is CCCNc1ncc([N+](=O)[O-])c(NCCS(C)(=O)=O)n1. The summed E-state index contributed by atoms with van der Waals surface area (Å²) in [5.41, 5.74) is -0.291. The van der Waals surface area contributed by atoms with Gasteiger partial charge in [0.05, 0.1) is 10.7 Å².